The van der Waals surface area contributed by atoms with Gasteiger partial charge in [0.15, 0.2) is 9.84 Å². The minimum Gasteiger partial charge on any atom is -0.383 e. The van der Waals surface area contributed by atoms with Crippen molar-refractivity contribution in [1.29, 1.82) is 0 Å². The smallest absolute Gasteiger partial charge is 0.267 e. The fourth-order valence-corrected chi connectivity index (χ4v) is 6.78. The molecule has 2 fully saturated rings. The van der Waals surface area contributed by atoms with Gasteiger partial charge in [-0.2, -0.15) is 0 Å². The number of hydrogen-bond donors (Lipinski definition) is 1. The molecule has 2 aromatic heterocycles. The molecule has 0 saturated carbocycles. The van der Waals surface area contributed by atoms with Gasteiger partial charge in [0.05, 0.1) is 34.6 Å². The summed E-state index contributed by atoms with van der Waals surface area (Å²) in [5.74, 6) is -0.115. The molecule has 0 aromatic carbocycles. The van der Waals surface area contributed by atoms with Crippen molar-refractivity contribution in [3.05, 3.63) is 44.7 Å². The summed E-state index contributed by atoms with van der Waals surface area (Å²) < 4.78 is 30.6. The Balaban J connectivity index is 1.75. The van der Waals surface area contributed by atoms with Gasteiger partial charge < -0.3 is 10.1 Å². The number of sulfone groups is 1. The van der Waals surface area contributed by atoms with E-state index in [0.717, 1.165) is 17.3 Å². The van der Waals surface area contributed by atoms with Crippen LogP contribution in [-0.4, -0.2) is 70.7 Å². The monoisotopic (exact) mass is 494 g/mol. The number of pyridine rings is 1. The third-order valence-electron chi connectivity index (χ3n) is 5.28. The van der Waals surface area contributed by atoms with Gasteiger partial charge >= 0.3 is 0 Å². The summed E-state index contributed by atoms with van der Waals surface area (Å²) >= 11 is 6.43. The van der Waals surface area contributed by atoms with Crippen molar-refractivity contribution in [3.63, 3.8) is 0 Å². The molecule has 9 nitrogen and oxygen atoms in total. The van der Waals surface area contributed by atoms with Gasteiger partial charge in [-0.3, -0.25) is 18.9 Å². The highest BCUT2D eigenvalue weighted by molar-refractivity contribution is 8.26. The van der Waals surface area contributed by atoms with Gasteiger partial charge in [0.25, 0.3) is 11.5 Å². The molecule has 12 heteroatoms. The quantitative estimate of drug-likeness (QED) is 0.362. The molecule has 4 heterocycles. The number of amides is 1. The molecule has 2 saturated heterocycles. The van der Waals surface area contributed by atoms with Crippen molar-refractivity contribution in [2.45, 2.75) is 19.4 Å². The Labute approximate surface area is 194 Å². The molecule has 2 aliphatic rings. The van der Waals surface area contributed by atoms with E-state index in [-0.39, 0.29) is 27.5 Å². The zero-order valence-electron chi connectivity index (χ0n) is 17.5. The third-order valence-corrected chi connectivity index (χ3v) is 8.36. The number of hydrogen-bond acceptors (Lipinski definition) is 9. The van der Waals surface area contributed by atoms with Gasteiger partial charge in [-0.1, -0.05) is 30.0 Å². The highest BCUT2D eigenvalue weighted by Crippen LogP contribution is 2.36. The topological polar surface area (TPSA) is 110 Å². The fraction of sp³-hybridized carbons (Fsp3) is 0.400. The van der Waals surface area contributed by atoms with Crippen LogP contribution in [-0.2, 0) is 19.4 Å². The molecular formula is C20H22N4O5S3. The first kappa shape index (κ1) is 22.9. The van der Waals surface area contributed by atoms with Crippen LogP contribution in [0.25, 0.3) is 11.7 Å². The summed E-state index contributed by atoms with van der Waals surface area (Å²) in [4.78, 5) is 32.6. The van der Waals surface area contributed by atoms with Gasteiger partial charge in [0.1, 0.15) is 15.8 Å². The number of aryl methyl sites for hydroxylation is 1. The van der Waals surface area contributed by atoms with Crippen LogP contribution in [0.3, 0.4) is 0 Å². The maximum absolute atomic E-state index is 13.3. The van der Waals surface area contributed by atoms with Gasteiger partial charge in [-0.25, -0.2) is 13.4 Å². The molecule has 0 bridgehead atoms. The lowest BCUT2D eigenvalue weighted by atomic mass is 10.2. The van der Waals surface area contributed by atoms with Crippen molar-refractivity contribution < 1.29 is 17.9 Å². The van der Waals surface area contributed by atoms with Crippen molar-refractivity contribution >= 4 is 61.6 Å². The second kappa shape index (κ2) is 8.93. The summed E-state index contributed by atoms with van der Waals surface area (Å²) in [5, 5.41) is 3.10. The van der Waals surface area contributed by atoms with E-state index in [1.807, 2.05) is 13.0 Å². The predicted molar refractivity (Wildman–Crippen MR) is 129 cm³/mol. The molecule has 1 unspecified atom stereocenters. The fourth-order valence-electron chi connectivity index (χ4n) is 3.70. The highest BCUT2D eigenvalue weighted by Gasteiger charge is 2.42. The number of ether oxygens (including phenoxy) is 1. The van der Waals surface area contributed by atoms with Crippen LogP contribution in [0.4, 0.5) is 5.82 Å². The zero-order chi connectivity index (χ0) is 23.0. The molecule has 32 heavy (non-hydrogen) atoms. The van der Waals surface area contributed by atoms with Crippen LogP contribution < -0.4 is 10.9 Å². The number of rotatable bonds is 6. The molecule has 2 aromatic rings. The molecular weight excluding hydrogens is 472 g/mol. The van der Waals surface area contributed by atoms with Gasteiger partial charge in [-0.05, 0) is 31.1 Å². The van der Waals surface area contributed by atoms with Crippen LogP contribution in [0, 0.1) is 6.92 Å². The molecule has 1 amide bonds. The van der Waals surface area contributed by atoms with E-state index in [2.05, 4.69) is 10.3 Å². The number of nitrogens with zero attached hydrogens (tertiary/aromatic N) is 3. The number of methoxy groups -OCH3 is 1. The van der Waals surface area contributed by atoms with E-state index in [4.69, 9.17) is 17.0 Å². The first-order valence-corrected chi connectivity index (χ1v) is 13.0. The van der Waals surface area contributed by atoms with Crippen LogP contribution in [0.5, 0.6) is 0 Å². The highest BCUT2D eigenvalue weighted by atomic mass is 32.2. The van der Waals surface area contributed by atoms with Gasteiger partial charge in [0.2, 0.25) is 0 Å². The maximum atomic E-state index is 13.3. The molecule has 1 N–H and O–H groups in total. The van der Waals surface area contributed by atoms with E-state index in [1.54, 1.807) is 19.4 Å². The number of thioether (sulfide) groups is 1. The number of nitrogens with one attached hydrogen (secondary N) is 1. The van der Waals surface area contributed by atoms with Crippen molar-refractivity contribution in [2.75, 3.05) is 37.1 Å². The standard InChI is InChI=1S/C20H22N4O5S3/c1-12-3-4-16-22-17(21-6-7-29-2)14(18(25)23(16)10-12)9-15-19(26)24(20(30)31-15)13-5-8-32(27,28)11-13/h3-4,9-10,13,21H,5-8,11H2,1-2H3. The normalized spacial score (nSPS) is 21.8. The van der Waals surface area contributed by atoms with E-state index in [1.165, 1.54) is 15.4 Å². The Bertz CT molecular complexity index is 1300. The van der Waals surface area contributed by atoms with Crippen molar-refractivity contribution in [2.24, 2.45) is 0 Å². The Morgan fingerprint density at radius 3 is 2.84 bits per heavy atom. The van der Waals surface area contributed by atoms with Crippen LogP contribution in [0.15, 0.2) is 28.0 Å². The predicted octanol–water partition coefficient (Wildman–Crippen LogP) is 1.45. The molecule has 2 aliphatic heterocycles. The summed E-state index contributed by atoms with van der Waals surface area (Å²) in [6, 6.07) is 3.14. The van der Waals surface area contributed by atoms with Crippen LogP contribution in [0.1, 0.15) is 17.5 Å². The Morgan fingerprint density at radius 1 is 1.38 bits per heavy atom. The number of carbonyl (C=O) groups is 1. The Morgan fingerprint density at radius 2 is 2.16 bits per heavy atom. The van der Waals surface area contributed by atoms with E-state index in [9.17, 15) is 18.0 Å². The Hall–Kier alpha value is -2.28. The minimum absolute atomic E-state index is 0.0383. The van der Waals surface area contributed by atoms with E-state index in [0.29, 0.717) is 35.4 Å². The number of fused-ring (bicyclic) bond motifs is 1. The molecule has 0 radical (unpaired) electrons. The molecule has 1 atom stereocenters. The van der Waals surface area contributed by atoms with E-state index >= 15 is 0 Å². The maximum Gasteiger partial charge on any atom is 0.267 e. The van der Waals surface area contributed by atoms with Crippen molar-refractivity contribution in [1.82, 2.24) is 14.3 Å². The first-order valence-electron chi connectivity index (χ1n) is 9.93. The Kier molecular flexibility index (Phi) is 6.39. The summed E-state index contributed by atoms with van der Waals surface area (Å²) in [5.41, 5.74) is 1.26. The number of anilines is 1. The number of thiocarbonyl (C=S) groups is 1. The lowest BCUT2D eigenvalue weighted by molar-refractivity contribution is -0.123. The minimum atomic E-state index is -3.18. The molecule has 0 aliphatic carbocycles. The average molecular weight is 495 g/mol. The summed E-state index contributed by atoms with van der Waals surface area (Å²) in [6.07, 6.45) is 3.53. The number of carbonyl (C=O) groups excluding carboxylic acids is 1. The largest absolute Gasteiger partial charge is 0.383 e. The van der Waals surface area contributed by atoms with Crippen LogP contribution in [0.2, 0.25) is 0 Å². The molecule has 4 rings (SSSR count). The average Bonchev–Trinajstić information content (AvgIpc) is 3.23. The lowest BCUT2D eigenvalue weighted by Crippen LogP contribution is -2.39. The second-order valence-corrected chi connectivity index (χ2v) is 11.5. The van der Waals surface area contributed by atoms with Crippen molar-refractivity contribution in [3.8, 4) is 0 Å². The summed E-state index contributed by atoms with van der Waals surface area (Å²) in [7, 11) is -1.61. The third kappa shape index (κ3) is 4.45. The SMILES string of the molecule is COCCNc1nc2ccc(C)cn2c(=O)c1C=C1SC(=S)N(C2CCS(=O)(=O)C2)C1=O. The van der Waals surface area contributed by atoms with Gasteiger partial charge in [-0.15, -0.1) is 0 Å². The van der Waals surface area contributed by atoms with E-state index < -0.39 is 21.8 Å². The van der Waals surface area contributed by atoms with Gasteiger partial charge in [0, 0.05) is 19.9 Å². The molecule has 0 spiro atoms. The lowest BCUT2D eigenvalue weighted by Gasteiger charge is -2.20. The number of aromatic nitrogens is 2. The summed E-state index contributed by atoms with van der Waals surface area (Å²) in [6.45, 7) is 2.70. The first-order chi connectivity index (χ1) is 15.2. The van der Waals surface area contributed by atoms with Crippen LogP contribution >= 0.6 is 24.0 Å². The molecule has 170 valence electrons. The second-order valence-electron chi connectivity index (χ2n) is 7.64. The zero-order valence-corrected chi connectivity index (χ0v) is 20.0.